The summed E-state index contributed by atoms with van der Waals surface area (Å²) >= 11 is 0. The Morgan fingerprint density at radius 3 is 1.96 bits per heavy atom. The Bertz CT molecular complexity index is 2860. The number of amides is 4. The van der Waals surface area contributed by atoms with Crippen LogP contribution in [0.1, 0.15) is 69.3 Å². The summed E-state index contributed by atoms with van der Waals surface area (Å²) in [7, 11) is 3.47. The Morgan fingerprint density at radius 2 is 1.43 bits per heavy atom. The van der Waals surface area contributed by atoms with E-state index in [4.69, 9.17) is 9.47 Å². The molecule has 4 heterocycles. The van der Waals surface area contributed by atoms with E-state index in [1.807, 2.05) is 28.2 Å². The van der Waals surface area contributed by atoms with Crippen LogP contribution >= 0.6 is 0 Å². The van der Waals surface area contributed by atoms with Crippen LogP contribution in [-0.4, -0.2) is 157 Å². The zero-order chi connectivity index (χ0) is 59.8. The molecule has 2 saturated heterocycles. The number of aromatic nitrogens is 3. The van der Waals surface area contributed by atoms with Gasteiger partial charge in [0, 0.05) is 93.6 Å². The van der Waals surface area contributed by atoms with Gasteiger partial charge < -0.3 is 40.2 Å². The van der Waals surface area contributed by atoms with Crippen molar-refractivity contribution >= 4 is 29.8 Å². The number of rotatable bonds is 21. The van der Waals surface area contributed by atoms with Gasteiger partial charge in [0.1, 0.15) is 28.9 Å². The molecule has 0 saturated carbocycles. The van der Waals surface area contributed by atoms with E-state index in [1.54, 1.807) is 13.3 Å². The molecule has 0 unspecified atom stereocenters. The Labute approximate surface area is 459 Å². The lowest BCUT2D eigenvalue weighted by Gasteiger charge is -2.41. The summed E-state index contributed by atoms with van der Waals surface area (Å²) in [6.07, 6.45) is -14.2. The maximum Gasteiger partial charge on any atom is 0.407 e. The Kier molecular flexibility index (Phi) is 20.3. The predicted molar refractivity (Wildman–Crippen MR) is 272 cm³/mol. The van der Waals surface area contributed by atoms with Crippen LogP contribution in [0.3, 0.4) is 0 Å². The van der Waals surface area contributed by atoms with E-state index in [1.165, 1.54) is 24.3 Å². The summed E-state index contributed by atoms with van der Waals surface area (Å²) in [6, 6.07) is 8.62. The smallest absolute Gasteiger partial charge is 0.407 e. The van der Waals surface area contributed by atoms with Gasteiger partial charge >= 0.3 is 31.1 Å². The van der Waals surface area contributed by atoms with Gasteiger partial charge in [0.25, 0.3) is 5.91 Å². The lowest BCUT2D eigenvalue weighted by Crippen LogP contribution is -2.62. The second kappa shape index (κ2) is 26.1. The van der Waals surface area contributed by atoms with Crippen LogP contribution < -0.4 is 26.3 Å². The summed E-state index contributed by atoms with van der Waals surface area (Å²) in [5.74, 6) is 0.667. The van der Waals surface area contributed by atoms with E-state index in [2.05, 4.69) is 41.8 Å². The number of halogens is 10. The standard InChI is InChI=1S/C53H62F10N10O8/c1-50(2,52(58,59)60)43(67-49(78)80-7)45(75)66-40(22-31-11-8-30(9-12-31)10-13-32-14-17-42(65-25-32)70-26-34-15-16-35(27-70)72(34)20-21-79-6)41(74)29-71(69-46(76)44(81-48(77)64-5)51(3,4)53(61,62)63)28-36-37(54)23-33(24-38(36)55)39-18-19-73(68-39)47(56)57/h8-9,11-12,14,17-19,23-25,34-35,40-41,43-44,47,74H,15-16,20-22,26-29H2,1-7H3,(H,64,77)(H,66,75)(H,67,78)(H,69,76)/t34-,35-,40-,41-,43+,44+/m0/s1. The van der Waals surface area contributed by atoms with E-state index in [0.717, 1.165) is 64.7 Å². The maximum atomic E-state index is 16.0. The number of piperazine rings is 1. The first-order valence-corrected chi connectivity index (χ1v) is 25.3. The van der Waals surface area contributed by atoms with E-state index >= 15 is 8.78 Å². The average molecular weight is 1160 g/mol. The minimum Gasteiger partial charge on any atom is -0.453 e. The molecule has 4 aromatic rings. The molecule has 2 aliphatic rings. The van der Waals surface area contributed by atoms with Gasteiger partial charge in [-0.15, -0.1) is 0 Å². The van der Waals surface area contributed by atoms with Crippen molar-refractivity contribution in [1.29, 1.82) is 0 Å². The zero-order valence-electron chi connectivity index (χ0n) is 45.0. The van der Waals surface area contributed by atoms with Crippen molar-refractivity contribution in [1.82, 2.24) is 46.0 Å². The number of carbonyl (C=O) groups is 4. The summed E-state index contributed by atoms with van der Waals surface area (Å²) < 4.78 is 161. The average Bonchev–Trinajstić information content (AvgIpc) is 4.07. The van der Waals surface area contributed by atoms with Gasteiger partial charge in [0.15, 0.2) is 6.10 Å². The summed E-state index contributed by atoms with van der Waals surface area (Å²) in [5, 5.41) is 22.2. The number of benzene rings is 2. The van der Waals surface area contributed by atoms with Crippen molar-refractivity contribution in [2.75, 3.05) is 59.0 Å². The number of nitrogens with zero attached hydrogens (tertiary/aromatic N) is 6. The number of alkyl carbamates (subject to hydrolysis) is 2. The number of alkyl halides is 8. The highest BCUT2D eigenvalue weighted by atomic mass is 19.4. The van der Waals surface area contributed by atoms with Gasteiger partial charge in [0.05, 0.1) is 37.0 Å². The van der Waals surface area contributed by atoms with Crippen molar-refractivity contribution in [2.24, 2.45) is 10.8 Å². The first-order chi connectivity index (χ1) is 38.0. The van der Waals surface area contributed by atoms with Gasteiger partial charge in [-0.3, -0.25) is 19.9 Å². The highest BCUT2D eigenvalue weighted by molar-refractivity contribution is 5.87. The topological polar surface area (TPSA) is 205 Å². The molecule has 81 heavy (non-hydrogen) atoms. The van der Waals surface area contributed by atoms with Crippen LogP contribution in [0, 0.1) is 34.3 Å². The Morgan fingerprint density at radius 1 is 0.827 bits per heavy atom. The number of hydrogen-bond acceptors (Lipinski definition) is 13. The molecule has 6 rings (SSSR count). The quantitative estimate of drug-likeness (QED) is 0.0329. The van der Waals surface area contributed by atoms with Crippen molar-refractivity contribution in [3.8, 4) is 23.1 Å². The summed E-state index contributed by atoms with van der Waals surface area (Å²) in [4.78, 5) is 62.2. The lowest BCUT2D eigenvalue weighted by atomic mass is 9.82. The number of pyridine rings is 1. The third-order valence-corrected chi connectivity index (χ3v) is 14.3. The van der Waals surface area contributed by atoms with Gasteiger partial charge in [-0.2, -0.15) is 40.2 Å². The third kappa shape index (κ3) is 15.4. The number of hydrazine groups is 1. The number of anilines is 1. The predicted octanol–water partition coefficient (Wildman–Crippen LogP) is 6.87. The molecule has 2 bridgehead atoms. The normalized spacial score (nSPS) is 17.4. The SMILES string of the molecule is CNC(=O)O[C@H](C(=O)NN(Cc1c(F)cc(-c2ccn(C(F)F)n2)cc1F)C[C@H](O)[C@H](Cc1ccc(C#Cc2ccc(N3C[C@@H]4CC[C@@H](C3)N4CCOC)nc2)cc1)NC(=O)[C@@H](NC(=O)OC)C(C)(C)C(F)(F)F)C(C)(C)C(F)(F)F. The van der Waals surface area contributed by atoms with Crippen LogP contribution in [0.15, 0.2) is 67.0 Å². The Hall–Kier alpha value is -7.22. The number of aliphatic hydroxyl groups is 1. The first-order valence-electron chi connectivity index (χ1n) is 25.3. The second-order valence-corrected chi connectivity index (χ2v) is 20.5. The summed E-state index contributed by atoms with van der Waals surface area (Å²) in [5.41, 5.74) is -4.56. The molecule has 0 aliphatic carbocycles. The van der Waals surface area contributed by atoms with E-state index in [0.29, 0.717) is 74.7 Å². The number of nitrogens with one attached hydrogen (secondary N) is 4. The number of methoxy groups -OCH3 is 2. The minimum atomic E-state index is -5.27. The van der Waals surface area contributed by atoms with Crippen LogP contribution in [-0.2, 0) is 36.8 Å². The zero-order valence-corrected chi connectivity index (χ0v) is 45.0. The fraction of sp³-hybridized carbons (Fsp3) is 0.509. The van der Waals surface area contributed by atoms with Crippen LogP contribution in [0.4, 0.5) is 59.3 Å². The molecule has 2 aromatic carbocycles. The van der Waals surface area contributed by atoms with Crippen LogP contribution in [0.2, 0.25) is 0 Å². The van der Waals surface area contributed by atoms with E-state index in [-0.39, 0.29) is 21.5 Å². The molecule has 4 amide bonds. The molecule has 2 fully saturated rings. The highest BCUT2D eigenvalue weighted by Crippen LogP contribution is 2.43. The van der Waals surface area contributed by atoms with Gasteiger partial charge in [0.2, 0.25) is 5.91 Å². The fourth-order valence-corrected chi connectivity index (χ4v) is 9.23. The molecular weight excluding hydrogens is 1090 g/mol. The van der Waals surface area contributed by atoms with Crippen molar-refractivity contribution in [2.45, 2.75) is 109 Å². The number of ether oxygens (including phenoxy) is 3. The van der Waals surface area contributed by atoms with Crippen molar-refractivity contribution in [3.63, 3.8) is 0 Å². The van der Waals surface area contributed by atoms with Crippen molar-refractivity contribution in [3.05, 3.63) is 101 Å². The Balaban J connectivity index is 1.32. The monoisotopic (exact) mass is 1160 g/mol. The molecule has 28 heteroatoms. The molecule has 2 aromatic heterocycles. The first kappa shape index (κ1) is 63.0. The lowest BCUT2D eigenvalue weighted by molar-refractivity contribution is -0.239. The number of hydrogen-bond donors (Lipinski definition) is 5. The fourth-order valence-electron chi connectivity index (χ4n) is 9.23. The van der Waals surface area contributed by atoms with Crippen molar-refractivity contribution < 1.29 is 82.4 Å². The van der Waals surface area contributed by atoms with Gasteiger partial charge in [-0.1, -0.05) is 24.0 Å². The third-order valence-electron chi connectivity index (χ3n) is 14.3. The molecule has 442 valence electrons. The van der Waals surface area contributed by atoms with Crippen LogP contribution in [0.25, 0.3) is 11.3 Å². The molecule has 18 nitrogen and oxygen atoms in total. The molecule has 0 radical (unpaired) electrons. The van der Waals surface area contributed by atoms with Gasteiger partial charge in [-0.05, 0) is 95.0 Å². The molecule has 0 spiro atoms. The number of aliphatic hydroxyl groups excluding tert-OH is 1. The van der Waals surface area contributed by atoms with E-state index in [9.17, 15) is 59.4 Å². The molecular formula is C53H62F10N10O8. The highest BCUT2D eigenvalue weighted by Gasteiger charge is 2.58. The second-order valence-electron chi connectivity index (χ2n) is 20.5. The van der Waals surface area contributed by atoms with Gasteiger partial charge in [-0.25, -0.2) is 33.0 Å². The molecule has 5 N–H and O–H groups in total. The number of fused-ring (bicyclic) bond motifs is 2. The minimum absolute atomic E-state index is 0.196. The van der Waals surface area contributed by atoms with E-state index < -0.39 is 115 Å². The summed E-state index contributed by atoms with van der Waals surface area (Å²) in [6.45, 7) is -0.0935. The molecule has 2 aliphatic heterocycles. The maximum absolute atomic E-state index is 16.0. The number of carbonyl (C=O) groups excluding carboxylic acids is 4. The van der Waals surface area contributed by atoms with Crippen LogP contribution in [0.5, 0.6) is 0 Å². The largest absolute Gasteiger partial charge is 0.453 e. The molecule has 6 atom stereocenters.